The topological polar surface area (TPSA) is 174 Å². The number of hydrogen-bond acceptors (Lipinski definition) is 10. The first kappa shape index (κ1) is 31.2. The van der Waals surface area contributed by atoms with Crippen molar-refractivity contribution in [2.75, 3.05) is 34.3 Å². The Kier molecular flexibility index (Phi) is 8.08. The lowest BCUT2D eigenvalue weighted by Gasteiger charge is -2.50. The molecule has 3 aliphatic carbocycles. The Bertz CT molecular complexity index is 1620. The van der Waals surface area contributed by atoms with Crippen LogP contribution in [-0.4, -0.2) is 93.6 Å². The average Bonchev–Trinajstić information content (AvgIpc) is 2.97. The number of carbonyl (C=O) groups is 3. The lowest BCUT2D eigenvalue weighted by atomic mass is 9.58. The number of hydrogen-bond donors (Lipinski definition) is 5. The number of amides is 1. The van der Waals surface area contributed by atoms with E-state index in [1.807, 2.05) is 18.2 Å². The van der Waals surface area contributed by atoms with E-state index < -0.39 is 58.0 Å². The van der Waals surface area contributed by atoms with Crippen molar-refractivity contribution in [1.82, 2.24) is 9.80 Å². The number of nitrogens with two attached hydrogens (primary N) is 1. The number of aliphatic hydroxyl groups excluding tert-OH is 2. The maximum atomic E-state index is 14.1. The number of rotatable bonds is 8. The Morgan fingerprint density at radius 3 is 2.34 bits per heavy atom. The van der Waals surface area contributed by atoms with Crippen LogP contribution >= 0.6 is 0 Å². The number of nitrogens with zero attached hydrogens (tertiary/aromatic N) is 2. The molecule has 0 fully saturated rings. The summed E-state index contributed by atoms with van der Waals surface area (Å²) < 4.78 is 5.70. The molecule has 0 radical (unpaired) electrons. The summed E-state index contributed by atoms with van der Waals surface area (Å²) in [5, 5.41) is 45.3. The number of aliphatic hydroxyl groups is 3. The van der Waals surface area contributed by atoms with Crippen LogP contribution in [0.2, 0.25) is 0 Å². The molecule has 6 N–H and O–H groups in total. The number of phenolic OH excluding ortho intramolecular Hbond substituents is 1. The standard InChI is InChI=1S/C33H39N3O8/c1-6-36(7-2)15-16-8-11-23(44-5)19(12-16)18-9-10-22(37)25-20(18)13-17-14-21-27(35(3)4)29(39)26(32(34)42)31(41)33(21,43)30(40)24(17)28(25)38/h8-12,17,21,27,37,39-40,43H,6-7,13-15H2,1-5H3,(H2,34,42)/t17-,21-,27?,33-/m1/s1. The molecule has 0 spiro atoms. The quantitative estimate of drug-likeness (QED) is 0.282. The van der Waals surface area contributed by atoms with Gasteiger partial charge >= 0.3 is 0 Å². The fourth-order valence-corrected chi connectivity index (χ4v) is 7.27. The highest BCUT2D eigenvalue weighted by Gasteiger charge is 2.63. The summed E-state index contributed by atoms with van der Waals surface area (Å²) in [5.74, 6) is -6.24. The highest BCUT2D eigenvalue weighted by Crippen LogP contribution is 2.53. The van der Waals surface area contributed by atoms with Gasteiger partial charge in [-0.15, -0.1) is 0 Å². The third-order valence-electron chi connectivity index (χ3n) is 9.46. The van der Waals surface area contributed by atoms with Gasteiger partial charge in [0, 0.05) is 23.6 Å². The molecule has 1 unspecified atom stereocenters. The van der Waals surface area contributed by atoms with Crippen molar-refractivity contribution in [3.8, 4) is 22.6 Å². The van der Waals surface area contributed by atoms with Crippen LogP contribution in [-0.2, 0) is 22.6 Å². The summed E-state index contributed by atoms with van der Waals surface area (Å²) in [6, 6.07) is 7.95. The molecular formula is C33H39N3O8. The van der Waals surface area contributed by atoms with Crippen LogP contribution < -0.4 is 10.5 Å². The Morgan fingerprint density at radius 1 is 1.07 bits per heavy atom. The summed E-state index contributed by atoms with van der Waals surface area (Å²) in [4.78, 5) is 43.6. The van der Waals surface area contributed by atoms with E-state index in [4.69, 9.17) is 10.5 Å². The molecule has 2 aromatic rings. The van der Waals surface area contributed by atoms with Gasteiger partial charge in [0.2, 0.25) is 5.78 Å². The van der Waals surface area contributed by atoms with Crippen LogP contribution in [0.25, 0.3) is 11.1 Å². The lowest BCUT2D eigenvalue weighted by molar-refractivity contribution is -0.148. The minimum absolute atomic E-state index is 0.0139. The number of likely N-dealkylation sites (N-methyl/N-ethyl adjacent to an activating group) is 1. The molecule has 234 valence electrons. The van der Waals surface area contributed by atoms with Gasteiger partial charge in [0.05, 0.1) is 18.7 Å². The number of benzene rings is 2. The van der Waals surface area contributed by atoms with Gasteiger partial charge in [-0.2, -0.15) is 0 Å². The van der Waals surface area contributed by atoms with E-state index in [1.165, 1.54) is 11.0 Å². The van der Waals surface area contributed by atoms with Gasteiger partial charge in [0.25, 0.3) is 5.91 Å². The Balaban J connectivity index is 1.69. The third kappa shape index (κ3) is 4.58. The summed E-state index contributed by atoms with van der Waals surface area (Å²) in [6.45, 7) is 6.63. The highest BCUT2D eigenvalue weighted by atomic mass is 16.5. The average molecular weight is 606 g/mol. The van der Waals surface area contributed by atoms with Gasteiger partial charge in [0.1, 0.15) is 28.6 Å². The van der Waals surface area contributed by atoms with Crippen LogP contribution in [0.4, 0.5) is 0 Å². The predicted octanol–water partition coefficient (Wildman–Crippen LogP) is 2.64. The Morgan fingerprint density at radius 2 is 1.75 bits per heavy atom. The zero-order chi connectivity index (χ0) is 32.2. The van der Waals surface area contributed by atoms with E-state index >= 15 is 0 Å². The number of ether oxygens (including phenoxy) is 1. The highest BCUT2D eigenvalue weighted by molar-refractivity contribution is 6.25. The molecule has 1 amide bonds. The summed E-state index contributed by atoms with van der Waals surface area (Å²) in [6.07, 6.45) is 0.196. The first-order valence-corrected chi connectivity index (χ1v) is 14.7. The van der Waals surface area contributed by atoms with Crippen LogP contribution in [0.15, 0.2) is 53.0 Å². The van der Waals surface area contributed by atoms with Gasteiger partial charge in [-0.25, -0.2) is 0 Å². The van der Waals surface area contributed by atoms with Crippen molar-refractivity contribution >= 4 is 17.5 Å². The predicted molar refractivity (Wildman–Crippen MR) is 162 cm³/mol. The fourth-order valence-electron chi connectivity index (χ4n) is 7.27. The second-order valence-electron chi connectivity index (χ2n) is 11.9. The number of aromatic hydroxyl groups is 1. The molecule has 0 saturated carbocycles. The fraction of sp³-hybridized carbons (Fsp3) is 0.424. The van der Waals surface area contributed by atoms with Gasteiger partial charge in [-0.05, 0) is 80.8 Å². The van der Waals surface area contributed by atoms with Gasteiger partial charge in [-0.1, -0.05) is 26.0 Å². The number of Topliss-reactive ketones (excluding diaryl/α,β-unsaturated/α-hetero) is 2. The van der Waals surface area contributed by atoms with E-state index in [0.29, 0.717) is 23.4 Å². The van der Waals surface area contributed by atoms with Crippen LogP contribution in [0.5, 0.6) is 11.5 Å². The molecule has 2 aromatic carbocycles. The second kappa shape index (κ2) is 11.4. The maximum absolute atomic E-state index is 14.1. The number of phenols is 1. The molecule has 0 bridgehead atoms. The summed E-state index contributed by atoms with van der Waals surface area (Å²) in [7, 11) is 4.76. The van der Waals surface area contributed by atoms with Gasteiger partial charge < -0.3 is 30.9 Å². The van der Waals surface area contributed by atoms with Crippen LogP contribution in [0.3, 0.4) is 0 Å². The van der Waals surface area contributed by atoms with Crippen molar-refractivity contribution < 1.29 is 39.5 Å². The van der Waals surface area contributed by atoms with Crippen LogP contribution in [0.1, 0.15) is 41.8 Å². The Hall–Kier alpha value is -4.19. The molecule has 5 rings (SSSR count). The van der Waals surface area contributed by atoms with E-state index in [9.17, 15) is 34.8 Å². The number of methoxy groups -OCH3 is 1. The minimum Gasteiger partial charge on any atom is -0.510 e. The third-order valence-corrected chi connectivity index (χ3v) is 9.46. The number of ketones is 2. The molecular weight excluding hydrogens is 566 g/mol. The van der Waals surface area contributed by atoms with E-state index in [0.717, 1.165) is 24.2 Å². The smallest absolute Gasteiger partial charge is 0.255 e. The second-order valence-corrected chi connectivity index (χ2v) is 11.9. The van der Waals surface area contributed by atoms with Crippen molar-refractivity contribution in [3.05, 3.63) is 69.7 Å². The summed E-state index contributed by atoms with van der Waals surface area (Å²) >= 11 is 0. The van der Waals surface area contributed by atoms with Crippen LogP contribution in [0, 0.1) is 11.8 Å². The number of allylic oxidation sites excluding steroid dienone is 1. The Labute approximate surface area is 255 Å². The van der Waals surface area contributed by atoms with Gasteiger partial charge in [0.15, 0.2) is 11.4 Å². The first-order valence-electron chi connectivity index (χ1n) is 14.7. The maximum Gasteiger partial charge on any atom is 0.255 e. The molecule has 0 aromatic heterocycles. The molecule has 3 aliphatic rings. The SMILES string of the molecule is CCN(CC)Cc1ccc(OC)c(-c2ccc(O)c3c2C[C@@H]2C[C@@H]4C(N(C)C)C(O)=C(C(N)=O)C(=O)[C@]4(O)C(O)=C2C3=O)c1. The lowest BCUT2D eigenvalue weighted by Crippen LogP contribution is -2.63. The number of fused-ring (bicyclic) bond motifs is 3. The van der Waals surface area contributed by atoms with Crippen molar-refractivity contribution in [3.63, 3.8) is 0 Å². The number of carbonyl (C=O) groups excluding carboxylic acids is 3. The van der Waals surface area contributed by atoms with E-state index in [-0.39, 0.29) is 29.7 Å². The van der Waals surface area contributed by atoms with E-state index in [2.05, 4.69) is 18.7 Å². The number of primary amides is 1. The zero-order valence-corrected chi connectivity index (χ0v) is 25.5. The van der Waals surface area contributed by atoms with Crippen molar-refractivity contribution in [2.45, 2.75) is 44.9 Å². The molecule has 0 saturated heterocycles. The molecule has 4 atom stereocenters. The molecule has 11 nitrogen and oxygen atoms in total. The normalized spacial score (nSPS) is 24.9. The van der Waals surface area contributed by atoms with Gasteiger partial charge in [-0.3, -0.25) is 24.2 Å². The van der Waals surface area contributed by atoms with E-state index in [1.54, 1.807) is 27.3 Å². The molecule has 0 aliphatic heterocycles. The monoisotopic (exact) mass is 605 g/mol. The van der Waals surface area contributed by atoms with Crippen molar-refractivity contribution in [1.29, 1.82) is 0 Å². The summed E-state index contributed by atoms with van der Waals surface area (Å²) in [5.41, 5.74) is 4.65. The molecule has 0 heterocycles. The zero-order valence-electron chi connectivity index (χ0n) is 25.5. The molecule has 44 heavy (non-hydrogen) atoms. The minimum atomic E-state index is -2.68. The van der Waals surface area contributed by atoms with Crippen molar-refractivity contribution in [2.24, 2.45) is 17.6 Å². The first-order chi connectivity index (χ1) is 20.8. The largest absolute Gasteiger partial charge is 0.510 e. The molecule has 11 heteroatoms.